The van der Waals surface area contributed by atoms with Crippen molar-refractivity contribution >= 4 is 23.7 Å². The molecule has 0 spiro atoms. The van der Waals surface area contributed by atoms with E-state index in [9.17, 15) is 4.79 Å². The molecule has 6 heteroatoms. The number of halogens is 1. The van der Waals surface area contributed by atoms with Crippen LogP contribution in [0.2, 0.25) is 5.02 Å². The number of amides is 1. The van der Waals surface area contributed by atoms with Crippen LogP contribution in [0.3, 0.4) is 0 Å². The van der Waals surface area contributed by atoms with Crippen LogP contribution in [0.5, 0.6) is 11.5 Å². The van der Waals surface area contributed by atoms with Crippen LogP contribution in [-0.4, -0.2) is 18.7 Å². The van der Waals surface area contributed by atoms with Gasteiger partial charge in [-0.15, -0.1) is 0 Å². The van der Waals surface area contributed by atoms with Crippen molar-refractivity contribution in [3.8, 4) is 11.5 Å². The van der Waals surface area contributed by atoms with Gasteiger partial charge in [0.05, 0.1) is 12.8 Å². The molecule has 1 N–H and O–H groups in total. The molecule has 148 valence electrons. The predicted molar refractivity (Wildman–Crippen MR) is 115 cm³/mol. The third-order valence-corrected chi connectivity index (χ3v) is 4.28. The maximum atomic E-state index is 12.3. The zero-order chi connectivity index (χ0) is 20.5. The van der Waals surface area contributed by atoms with E-state index >= 15 is 0 Å². The summed E-state index contributed by atoms with van der Waals surface area (Å²) in [5.41, 5.74) is 4.81. The Labute approximate surface area is 174 Å². The molecule has 0 aliphatic carbocycles. The lowest BCUT2D eigenvalue weighted by molar-refractivity contribution is 0.0955. The van der Waals surface area contributed by atoms with Crippen molar-refractivity contribution in [1.82, 2.24) is 5.43 Å². The van der Waals surface area contributed by atoms with Gasteiger partial charge in [-0.05, 0) is 61.0 Å². The van der Waals surface area contributed by atoms with Gasteiger partial charge >= 0.3 is 0 Å². The predicted octanol–water partition coefficient (Wildman–Crippen LogP) is 5.08. The maximum absolute atomic E-state index is 12.3. The van der Waals surface area contributed by atoms with Crippen LogP contribution >= 0.6 is 11.6 Å². The Balaban J connectivity index is 1.54. The first-order valence-corrected chi connectivity index (χ1v) is 9.56. The lowest BCUT2D eigenvalue weighted by Crippen LogP contribution is -2.17. The summed E-state index contributed by atoms with van der Waals surface area (Å²) >= 11 is 5.87. The third kappa shape index (κ3) is 6.09. The average Bonchev–Trinajstić information content (AvgIpc) is 2.75. The van der Waals surface area contributed by atoms with Crippen molar-refractivity contribution in [1.29, 1.82) is 0 Å². The molecule has 1 amide bonds. The molecule has 0 fully saturated rings. The summed E-state index contributed by atoms with van der Waals surface area (Å²) in [6.45, 7) is 2.90. The highest BCUT2D eigenvalue weighted by molar-refractivity contribution is 6.30. The smallest absolute Gasteiger partial charge is 0.271 e. The Morgan fingerprint density at radius 2 is 1.72 bits per heavy atom. The van der Waals surface area contributed by atoms with Crippen LogP contribution in [0.15, 0.2) is 77.9 Å². The molecule has 0 bridgehead atoms. The van der Waals surface area contributed by atoms with Gasteiger partial charge in [0.1, 0.15) is 18.1 Å². The lowest BCUT2D eigenvalue weighted by atomic mass is 10.2. The summed E-state index contributed by atoms with van der Waals surface area (Å²) in [5.74, 6) is 1.08. The van der Waals surface area contributed by atoms with Crippen LogP contribution in [0.1, 0.15) is 28.4 Å². The Bertz CT molecular complexity index is 970. The molecule has 0 atom stereocenters. The van der Waals surface area contributed by atoms with E-state index in [2.05, 4.69) is 10.5 Å². The van der Waals surface area contributed by atoms with Gasteiger partial charge in [0.15, 0.2) is 0 Å². The number of hydrogen-bond donors (Lipinski definition) is 1. The molecule has 29 heavy (non-hydrogen) atoms. The fourth-order valence-electron chi connectivity index (χ4n) is 2.55. The fourth-order valence-corrected chi connectivity index (χ4v) is 2.67. The van der Waals surface area contributed by atoms with Crippen LogP contribution in [0.4, 0.5) is 0 Å². The van der Waals surface area contributed by atoms with Crippen molar-refractivity contribution in [3.05, 3.63) is 94.5 Å². The minimum atomic E-state index is -0.306. The Hall–Kier alpha value is -3.31. The van der Waals surface area contributed by atoms with E-state index in [1.807, 2.05) is 55.5 Å². The SMILES string of the molecule is CCOc1ccccc1C=NNC(=O)c1ccc(OCc2ccc(Cl)cc2)cc1. The number of rotatable bonds is 8. The minimum absolute atomic E-state index is 0.306. The molecule has 0 saturated carbocycles. The number of para-hydroxylation sites is 1. The first kappa shape index (κ1) is 20.4. The molecular formula is C23H21ClN2O3. The molecule has 0 aliphatic rings. The maximum Gasteiger partial charge on any atom is 0.271 e. The Morgan fingerprint density at radius 1 is 1.00 bits per heavy atom. The molecule has 5 nitrogen and oxygen atoms in total. The second kappa shape index (κ2) is 10.3. The quantitative estimate of drug-likeness (QED) is 0.417. The van der Waals surface area contributed by atoms with Crippen molar-refractivity contribution in [2.45, 2.75) is 13.5 Å². The summed E-state index contributed by atoms with van der Waals surface area (Å²) in [7, 11) is 0. The van der Waals surface area contributed by atoms with E-state index < -0.39 is 0 Å². The van der Waals surface area contributed by atoms with Crippen molar-refractivity contribution in [2.24, 2.45) is 5.10 Å². The molecule has 0 unspecified atom stereocenters. The van der Waals surface area contributed by atoms with Crippen LogP contribution < -0.4 is 14.9 Å². The summed E-state index contributed by atoms with van der Waals surface area (Å²) in [6.07, 6.45) is 1.56. The van der Waals surface area contributed by atoms with Gasteiger partial charge in [-0.2, -0.15) is 5.10 Å². The number of carbonyl (C=O) groups excluding carboxylic acids is 1. The van der Waals surface area contributed by atoms with Crippen molar-refractivity contribution in [2.75, 3.05) is 6.61 Å². The standard InChI is InChI=1S/C23H21ClN2O3/c1-2-28-22-6-4-3-5-19(22)15-25-26-23(27)18-9-13-21(14-10-18)29-16-17-7-11-20(24)12-8-17/h3-15H,2,16H2,1H3,(H,26,27). The number of benzene rings is 3. The second-order valence-corrected chi connectivity index (χ2v) is 6.55. The summed E-state index contributed by atoms with van der Waals surface area (Å²) < 4.78 is 11.3. The topological polar surface area (TPSA) is 59.9 Å². The van der Waals surface area contributed by atoms with Gasteiger partial charge in [-0.25, -0.2) is 5.43 Å². The number of carbonyl (C=O) groups is 1. The molecule has 3 rings (SSSR count). The van der Waals surface area contributed by atoms with Crippen LogP contribution in [0, 0.1) is 0 Å². The molecular weight excluding hydrogens is 388 g/mol. The van der Waals surface area contributed by atoms with Gasteiger partial charge in [-0.1, -0.05) is 35.9 Å². The molecule has 0 saturated heterocycles. The van der Waals surface area contributed by atoms with Gasteiger partial charge in [0.2, 0.25) is 0 Å². The summed E-state index contributed by atoms with van der Waals surface area (Å²) in [5, 5.41) is 4.71. The normalized spacial score (nSPS) is 10.7. The van der Waals surface area contributed by atoms with E-state index in [0.29, 0.717) is 29.5 Å². The van der Waals surface area contributed by atoms with Gasteiger partial charge in [0.25, 0.3) is 5.91 Å². The molecule has 0 aliphatic heterocycles. The highest BCUT2D eigenvalue weighted by atomic mass is 35.5. The largest absolute Gasteiger partial charge is 0.493 e. The Morgan fingerprint density at radius 3 is 2.45 bits per heavy atom. The number of nitrogens with one attached hydrogen (secondary N) is 1. The highest BCUT2D eigenvalue weighted by Crippen LogP contribution is 2.17. The molecule has 0 radical (unpaired) electrons. The van der Waals surface area contributed by atoms with Gasteiger partial charge in [-0.3, -0.25) is 4.79 Å². The van der Waals surface area contributed by atoms with Crippen LogP contribution in [0.25, 0.3) is 0 Å². The van der Waals surface area contributed by atoms with E-state index in [0.717, 1.165) is 16.9 Å². The van der Waals surface area contributed by atoms with Gasteiger partial charge in [0, 0.05) is 16.1 Å². The number of nitrogens with zero attached hydrogens (tertiary/aromatic N) is 1. The number of hydrogen-bond acceptors (Lipinski definition) is 4. The van der Waals surface area contributed by atoms with Crippen molar-refractivity contribution in [3.63, 3.8) is 0 Å². The van der Waals surface area contributed by atoms with E-state index in [1.165, 1.54) is 0 Å². The second-order valence-electron chi connectivity index (χ2n) is 6.11. The van der Waals surface area contributed by atoms with E-state index in [1.54, 1.807) is 30.5 Å². The molecule has 0 heterocycles. The zero-order valence-corrected chi connectivity index (χ0v) is 16.7. The minimum Gasteiger partial charge on any atom is -0.493 e. The first-order chi connectivity index (χ1) is 14.2. The van der Waals surface area contributed by atoms with E-state index in [4.69, 9.17) is 21.1 Å². The molecule has 3 aromatic rings. The number of ether oxygens (including phenoxy) is 2. The molecule has 3 aromatic carbocycles. The highest BCUT2D eigenvalue weighted by Gasteiger charge is 2.05. The summed E-state index contributed by atoms with van der Waals surface area (Å²) in [6, 6.07) is 21.8. The monoisotopic (exact) mass is 408 g/mol. The average molecular weight is 409 g/mol. The fraction of sp³-hybridized carbons (Fsp3) is 0.130. The lowest BCUT2D eigenvalue weighted by Gasteiger charge is -2.07. The van der Waals surface area contributed by atoms with E-state index in [-0.39, 0.29) is 5.91 Å². The third-order valence-electron chi connectivity index (χ3n) is 4.02. The number of hydrazone groups is 1. The van der Waals surface area contributed by atoms with Crippen LogP contribution in [-0.2, 0) is 6.61 Å². The van der Waals surface area contributed by atoms with Crippen molar-refractivity contribution < 1.29 is 14.3 Å². The summed E-state index contributed by atoms with van der Waals surface area (Å²) in [4.78, 5) is 12.3. The molecule has 0 aromatic heterocycles. The van der Waals surface area contributed by atoms with Gasteiger partial charge < -0.3 is 9.47 Å². The zero-order valence-electron chi connectivity index (χ0n) is 16.0. The first-order valence-electron chi connectivity index (χ1n) is 9.18. The Kier molecular flexibility index (Phi) is 7.25.